The number of aromatic hydroxyl groups is 1. The highest BCUT2D eigenvalue weighted by Crippen LogP contribution is 2.24. The van der Waals surface area contributed by atoms with Crippen molar-refractivity contribution in [3.8, 4) is 5.75 Å². The van der Waals surface area contributed by atoms with Crippen molar-refractivity contribution < 1.29 is 15.0 Å². The van der Waals surface area contributed by atoms with Crippen LogP contribution < -0.4 is 5.32 Å². The Morgan fingerprint density at radius 1 is 1.32 bits per heavy atom. The zero-order valence-electron chi connectivity index (χ0n) is 10.5. The second-order valence-electron chi connectivity index (χ2n) is 4.45. The number of nitrogens with one attached hydrogen (secondary N) is 1. The molecule has 1 aromatic carbocycles. The molecule has 2 rings (SSSR count). The molecule has 0 spiro atoms. The summed E-state index contributed by atoms with van der Waals surface area (Å²) in [6.07, 6.45) is 0. The molecule has 0 aliphatic heterocycles. The van der Waals surface area contributed by atoms with E-state index in [1.165, 1.54) is 23.5 Å². The summed E-state index contributed by atoms with van der Waals surface area (Å²) in [4.78, 5) is 12.7. The Hall–Kier alpha value is -1.85. The third-order valence-corrected chi connectivity index (χ3v) is 3.92. The maximum atomic E-state index is 11.9. The lowest BCUT2D eigenvalue weighted by atomic mass is 10.0. The number of carbonyl (C=O) groups excluding carboxylic acids is 1. The van der Waals surface area contributed by atoms with Gasteiger partial charge in [0.1, 0.15) is 11.4 Å². The molecule has 5 heteroatoms. The number of hydrogen-bond acceptors (Lipinski definition) is 4. The Bertz CT molecular complexity index is 564. The zero-order valence-corrected chi connectivity index (χ0v) is 11.3. The van der Waals surface area contributed by atoms with Crippen molar-refractivity contribution in [3.05, 3.63) is 52.2 Å². The van der Waals surface area contributed by atoms with Gasteiger partial charge >= 0.3 is 0 Å². The fourth-order valence-corrected chi connectivity index (χ4v) is 2.47. The lowest BCUT2D eigenvalue weighted by Crippen LogP contribution is -2.38. The van der Waals surface area contributed by atoms with Gasteiger partial charge in [0.15, 0.2) is 0 Å². The van der Waals surface area contributed by atoms with E-state index >= 15 is 0 Å². The summed E-state index contributed by atoms with van der Waals surface area (Å²) < 4.78 is 0. The number of carbonyl (C=O) groups is 1. The standard InChI is InChI=1S/C14H15NO3S/c1-14(18,12-7-4-8-19-12)9-15-13(17)10-5-2-3-6-11(10)16/h2-8,16,18H,9H2,1H3,(H,15,17). The van der Waals surface area contributed by atoms with Gasteiger partial charge in [-0.25, -0.2) is 0 Å². The number of phenolic OH excluding ortho intramolecular Hbond substituents is 1. The molecule has 0 aliphatic rings. The molecule has 1 unspecified atom stereocenters. The van der Waals surface area contributed by atoms with Crippen LogP contribution in [0.2, 0.25) is 0 Å². The molecular formula is C14H15NO3S. The molecule has 100 valence electrons. The molecule has 1 aromatic heterocycles. The maximum absolute atomic E-state index is 11.9. The van der Waals surface area contributed by atoms with E-state index in [1.54, 1.807) is 19.1 Å². The number of hydrogen-bond donors (Lipinski definition) is 3. The molecule has 2 aromatic rings. The second-order valence-corrected chi connectivity index (χ2v) is 5.40. The van der Waals surface area contributed by atoms with E-state index in [9.17, 15) is 15.0 Å². The van der Waals surface area contributed by atoms with Gasteiger partial charge in [-0.2, -0.15) is 0 Å². The van der Waals surface area contributed by atoms with Crippen LogP contribution in [0.5, 0.6) is 5.75 Å². The number of amides is 1. The van der Waals surface area contributed by atoms with Gasteiger partial charge in [-0.3, -0.25) is 4.79 Å². The zero-order chi connectivity index (χ0) is 13.9. The van der Waals surface area contributed by atoms with Crippen LogP contribution in [0.25, 0.3) is 0 Å². The van der Waals surface area contributed by atoms with Crippen molar-refractivity contribution in [2.75, 3.05) is 6.54 Å². The van der Waals surface area contributed by atoms with E-state index in [0.29, 0.717) is 0 Å². The Balaban J connectivity index is 2.03. The summed E-state index contributed by atoms with van der Waals surface area (Å²) in [5.41, 5.74) is -0.918. The lowest BCUT2D eigenvalue weighted by molar-refractivity contribution is 0.0556. The van der Waals surface area contributed by atoms with Gasteiger partial charge in [0.2, 0.25) is 0 Å². The van der Waals surface area contributed by atoms with E-state index < -0.39 is 11.5 Å². The molecule has 0 saturated carbocycles. The fraction of sp³-hybridized carbons (Fsp3) is 0.214. The molecule has 0 saturated heterocycles. The Morgan fingerprint density at radius 3 is 2.68 bits per heavy atom. The average molecular weight is 277 g/mol. The number of benzene rings is 1. The topological polar surface area (TPSA) is 69.6 Å². The molecule has 4 nitrogen and oxygen atoms in total. The molecular weight excluding hydrogens is 262 g/mol. The van der Waals surface area contributed by atoms with E-state index in [0.717, 1.165) is 4.88 Å². The van der Waals surface area contributed by atoms with Crippen LogP contribution >= 0.6 is 11.3 Å². The number of aliphatic hydroxyl groups is 1. The minimum absolute atomic E-state index is 0.0734. The SMILES string of the molecule is CC(O)(CNC(=O)c1ccccc1O)c1cccs1. The van der Waals surface area contributed by atoms with Crippen molar-refractivity contribution in [2.24, 2.45) is 0 Å². The normalized spacial score (nSPS) is 13.8. The van der Waals surface area contributed by atoms with Gasteiger partial charge in [-0.05, 0) is 30.5 Å². The van der Waals surface area contributed by atoms with Gasteiger partial charge in [-0.15, -0.1) is 11.3 Å². The first-order valence-corrected chi connectivity index (χ1v) is 6.71. The smallest absolute Gasteiger partial charge is 0.255 e. The summed E-state index contributed by atoms with van der Waals surface area (Å²) in [6.45, 7) is 1.73. The Labute approximate surface area is 115 Å². The lowest BCUT2D eigenvalue weighted by Gasteiger charge is -2.22. The van der Waals surface area contributed by atoms with Crippen molar-refractivity contribution >= 4 is 17.2 Å². The van der Waals surface area contributed by atoms with Crippen molar-refractivity contribution in [1.82, 2.24) is 5.32 Å². The first-order valence-electron chi connectivity index (χ1n) is 5.83. The molecule has 0 fully saturated rings. The monoisotopic (exact) mass is 277 g/mol. The maximum Gasteiger partial charge on any atom is 0.255 e. The summed E-state index contributed by atoms with van der Waals surface area (Å²) in [5.74, 6) is -0.481. The van der Waals surface area contributed by atoms with Gasteiger partial charge < -0.3 is 15.5 Å². The first-order chi connectivity index (χ1) is 9.00. The van der Waals surface area contributed by atoms with Crippen molar-refractivity contribution in [1.29, 1.82) is 0 Å². The van der Waals surface area contributed by atoms with Crippen LogP contribution in [0, 0.1) is 0 Å². The van der Waals surface area contributed by atoms with Gasteiger partial charge in [-0.1, -0.05) is 18.2 Å². The predicted octanol–water partition coefficient (Wildman–Crippen LogP) is 2.09. The largest absolute Gasteiger partial charge is 0.507 e. The third kappa shape index (κ3) is 3.13. The van der Waals surface area contributed by atoms with Crippen LogP contribution in [-0.2, 0) is 5.60 Å². The highest BCUT2D eigenvalue weighted by Gasteiger charge is 2.25. The second kappa shape index (κ2) is 5.42. The summed E-state index contributed by atoms with van der Waals surface area (Å²) in [6, 6.07) is 9.97. The Kier molecular flexibility index (Phi) is 3.87. The minimum Gasteiger partial charge on any atom is -0.507 e. The quantitative estimate of drug-likeness (QED) is 0.801. The third-order valence-electron chi connectivity index (χ3n) is 2.79. The number of thiophene rings is 1. The van der Waals surface area contributed by atoms with E-state index in [1.807, 2.05) is 17.5 Å². The van der Waals surface area contributed by atoms with Crippen LogP contribution in [0.1, 0.15) is 22.2 Å². The van der Waals surface area contributed by atoms with Crippen molar-refractivity contribution in [3.63, 3.8) is 0 Å². The van der Waals surface area contributed by atoms with Crippen LogP contribution in [0.15, 0.2) is 41.8 Å². The van der Waals surface area contributed by atoms with Crippen LogP contribution in [-0.4, -0.2) is 22.7 Å². The predicted molar refractivity (Wildman–Crippen MR) is 74.3 cm³/mol. The van der Waals surface area contributed by atoms with E-state index in [4.69, 9.17) is 0 Å². The molecule has 19 heavy (non-hydrogen) atoms. The summed E-state index contributed by atoms with van der Waals surface area (Å²) in [7, 11) is 0. The fourth-order valence-electron chi connectivity index (χ4n) is 1.69. The molecule has 0 aliphatic carbocycles. The molecule has 0 bridgehead atoms. The van der Waals surface area contributed by atoms with E-state index in [2.05, 4.69) is 5.32 Å². The number of para-hydroxylation sites is 1. The van der Waals surface area contributed by atoms with Crippen LogP contribution in [0.3, 0.4) is 0 Å². The highest BCUT2D eigenvalue weighted by atomic mass is 32.1. The van der Waals surface area contributed by atoms with Gasteiger partial charge in [0, 0.05) is 4.88 Å². The summed E-state index contributed by atoms with van der Waals surface area (Å²) >= 11 is 1.43. The molecule has 0 radical (unpaired) electrons. The molecule has 1 amide bonds. The average Bonchev–Trinajstić information content (AvgIpc) is 2.91. The van der Waals surface area contributed by atoms with Gasteiger partial charge in [0.05, 0.1) is 12.1 Å². The summed E-state index contributed by atoms with van der Waals surface area (Å²) in [5, 5.41) is 24.3. The van der Waals surface area contributed by atoms with Crippen molar-refractivity contribution in [2.45, 2.75) is 12.5 Å². The Morgan fingerprint density at radius 2 is 2.05 bits per heavy atom. The van der Waals surface area contributed by atoms with Crippen LogP contribution in [0.4, 0.5) is 0 Å². The minimum atomic E-state index is -1.12. The molecule has 1 atom stereocenters. The first kappa shape index (κ1) is 13.6. The number of phenols is 1. The number of rotatable bonds is 4. The van der Waals surface area contributed by atoms with Gasteiger partial charge in [0.25, 0.3) is 5.91 Å². The molecule has 1 heterocycles. The molecule has 3 N–H and O–H groups in total. The van der Waals surface area contributed by atoms with E-state index in [-0.39, 0.29) is 17.9 Å². The highest BCUT2D eigenvalue weighted by molar-refractivity contribution is 7.10.